The lowest BCUT2D eigenvalue weighted by Crippen LogP contribution is -2.38. The second-order valence-corrected chi connectivity index (χ2v) is 4.49. The number of rotatable bonds is 4. The predicted molar refractivity (Wildman–Crippen MR) is 60.5 cm³/mol. The zero-order chi connectivity index (χ0) is 11.5. The van der Waals surface area contributed by atoms with Crippen molar-refractivity contribution < 1.29 is 4.39 Å². The van der Waals surface area contributed by atoms with Gasteiger partial charge in [-0.05, 0) is 29.5 Å². The van der Waals surface area contributed by atoms with Crippen LogP contribution >= 0.6 is 0 Å². The third kappa shape index (κ3) is 2.76. The van der Waals surface area contributed by atoms with Gasteiger partial charge in [0.25, 0.3) is 0 Å². The summed E-state index contributed by atoms with van der Waals surface area (Å²) in [4.78, 5) is 0. The van der Waals surface area contributed by atoms with Crippen LogP contribution in [0.3, 0.4) is 0 Å². The maximum absolute atomic E-state index is 12.8. The summed E-state index contributed by atoms with van der Waals surface area (Å²) in [6.45, 7) is 6.40. The van der Waals surface area contributed by atoms with Crippen LogP contribution in [-0.2, 0) is 0 Å². The van der Waals surface area contributed by atoms with E-state index in [1.807, 2.05) is 0 Å². The van der Waals surface area contributed by atoms with E-state index in [9.17, 15) is 4.39 Å². The topological polar surface area (TPSA) is 38.0 Å². The summed E-state index contributed by atoms with van der Waals surface area (Å²) >= 11 is 0. The van der Waals surface area contributed by atoms with Crippen molar-refractivity contribution >= 4 is 0 Å². The van der Waals surface area contributed by atoms with Gasteiger partial charge in [0.05, 0.1) is 6.04 Å². The monoisotopic (exact) mass is 210 g/mol. The molecular weight excluding hydrogens is 191 g/mol. The molecule has 0 aliphatic carbocycles. The SMILES string of the molecule is CCC(C)(C)C(NN)c1ccc(F)cc1. The van der Waals surface area contributed by atoms with Crippen molar-refractivity contribution in [1.82, 2.24) is 5.43 Å². The first kappa shape index (κ1) is 12.1. The molecule has 3 heteroatoms. The van der Waals surface area contributed by atoms with E-state index in [0.717, 1.165) is 12.0 Å². The molecule has 0 radical (unpaired) electrons. The van der Waals surface area contributed by atoms with E-state index < -0.39 is 0 Å². The minimum atomic E-state index is -0.219. The Balaban J connectivity index is 2.97. The molecule has 2 nitrogen and oxygen atoms in total. The molecule has 84 valence electrons. The Hall–Kier alpha value is -0.930. The van der Waals surface area contributed by atoms with E-state index in [-0.39, 0.29) is 17.3 Å². The van der Waals surface area contributed by atoms with Gasteiger partial charge in [-0.1, -0.05) is 32.9 Å². The van der Waals surface area contributed by atoms with Gasteiger partial charge < -0.3 is 0 Å². The van der Waals surface area contributed by atoms with Crippen LogP contribution in [0.15, 0.2) is 24.3 Å². The van der Waals surface area contributed by atoms with Gasteiger partial charge in [0.1, 0.15) is 5.82 Å². The number of halogens is 1. The Morgan fingerprint density at radius 2 is 1.87 bits per heavy atom. The molecule has 3 N–H and O–H groups in total. The Labute approximate surface area is 90.6 Å². The Morgan fingerprint density at radius 1 is 1.33 bits per heavy atom. The summed E-state index contributed by atoms with van der Waals surface area (Å²) < 4.78 is 12.8. The summed E-state index contributed by atoms with van der Waals surface area (Å²) in [6, 6.07) is 6.52. The molecule has 0 amide bonds. The third-order valence-electron chi connectivity index (χ3n) is 3.06. The van der Waals surface area contributed by atoms with Crippen molar-refractivity contribution in [3.8, 4) is 0 Å². The average molecular weight is 210 g/mol. The third-order valence-corrected chi connectivity index (χ3v) is 3.06. The van der Waals surface area contributed by atoms with Crippen molar-refractivity contribution in [3.05, 3.63) is 35.6 Å². The van der Waals surface area contributed by atoms with Crippen LogP contribution in [0, 0.1) is 11.2 Å². The molecule has 0 heterocycles. The molecule has 0 aromatic heterocycles. The first-order valence-electron chi connectivity index (χ1n) is 5.23. The van der Waals surface area contributed by atoms with Crippen molar-refractivity contribution in [2.75, 3.05) is 0 Å². The molecule has 1 aromatic carbocycles. The number of hydrogen-bond donors (Lipinski definition) is 2. The second kappa shape index (κ2) is 4.73. The summed E-state index contributed by atoms with van der Waals surface area (Å²) in [6.07, 6.45) is 0.999. The van der Waals surface area contributed by atoms with E-state index in [4.69, 9.17) is 5.84 Å². The highest BCUT2D eigenvalue weighted by Gasteiger charge is 2.27. The van der Waals surface area contributed by atoms with E-state index >= 15 is 0 Å². The molecule has 0 bridgehead atoms. The highest BCUT2D eigenvalue weighted by Crippen LogP contribution is 2.35. The Kier molecular flexibility index (Phi) is 3.83. The maximum atomic E-state index is 12.8. The molecule has 0 fully saturated rings. The zero-order valence-corrected chi connectivity index (χ0v) is 9.55. The van der Waals surface area contributed by atoms with Crippen molar-refractivity contribution in [1.29, 1.82) is 0 Å². The fourth-order valence-corrected chi connectivity index (χ4v) is 1.63. The van der Waals surface area contributed by atoms with E-state index in [1.54, 1.807) is 12.1 Å². The number of nitrogens with one attached hydrogen (secondary N) is 1. The second-order valence-electron chi connectivity index (χ2n) is 4.49. The van der Waals surface area contributed by atoms with Crippen molar-refractivity contribution in [2.45, 2.75) is 33.2 Å². The molecule has 15 heavy (non-hydrogen) atoms. The van der Waals surface area contributed by atoms with E-state index in [0.29, 0.717) is 0 Å². The van der Waals surface area contributed by atoms with Gasteiger partial charge in [0.2, 0.25) is 0 Å². The zero-order valence-electron chi connectivity index (χ0n) is 9.55. The van der Waals surface area contributed by atoms with Crippen LogP contribution in [-0.4, -0.2) is 0 Å². The van der Waals surface area contributed by atoms with Gasteiger partial charge >= 0.3 is 0 Å². The molecule has 0 aliphatic heterocycles. The summed E-state index contributed by atoms with van der Waals surface area (Å²) in [5, 5.41) is 0. The highest BCUT2D eigenvalue weighted by molar-refractivity contribution is 5.21. The number of benzene rings is 1. The summed E-state index contributed by atoms with van der Waals surface area (Å²) in [7, 11) is 0. The van der Waals surface area contributed by atoms with Gasteiger partial charge in [0.15, 0.2) is 0 Å². The van der Waals surface area contributed by atoms with Crippen LogP contribution in [0.25, 0.3) is 0 Å². The number of hydrogen-bond acceptors (Lipinski definition) is 2. The predicted octanol–water partition coefficient (Wildman–Crippen LogP) is 2.77. The minimum Gasteiger partial charge on any atom is -0.271 e. The quantitative estimate of drug-likeness (QED) is 0.592. The molecule has 1 aromatic rings. The van der Waals surface area contributed by atoms with Gasteiger partial charge in [-0.25, -0.2) is 4.39 Å². The molecule has 0 aliphatic rings. The molecule has 1 unspecified atom stereocenters. The lowest BCUT2D eigenvalue weighted by atomic mass is 9.79. The largest absolute Gasteiger partial charge is 0.271 e. The Morgan fingerprint density at radius 3 is 2.27 bits per heavy atom. The van der Waals surface area contributed by atoms with E-state index in [2.05, 4.69) is 26.2 Å². The van der Waals surface area contributed by atoms with Gasteiger partial charge in [-0.2, -0.15) is 0 Å². The molecular formula is C12H19FN2. The molecule has 0 spiro atoms. The molecule has 1 atom stereocenters. The maximum Gasteiger partial charge on any atom is 0.123 e. The standard InChI is InChI=1S/C12H19FN2/c1-4-12(2,3)11(15-14)9-5-7-10(13)8-6-9/h5-8,11,15H,4,14H2,1-3H3. The van der Waals surface area contributed by atoms with Crippen molar-refractivity contribution in [2.24, 2.45) is 11.3 Å². The molecule has 0 saturated heterocycles. The first-order valence-corrected chi connectivity index (χ1v) is 5.23. The normalized spacial score (nSPS) is 13.9. The minimum absolute atomic E-state index is 0.0445. The smallest absolute Gasteiger partial charge is 0.123 e. The number of nitrogens with two attached hydrogens (primary N) is 1. The van der Waals surface area contributed by atoms with Crippen LogP contribution in [0.1, 0.15) is 38.8 Å². The Bertz CT molecular complexity index is 306. The average Bonchev–Trinajstić information content (AvgIpc) is 2.22. The van der Waals surface area contributed by atoms with Crippen LogP contribution < -0.4 is 11.3 Å². The fraction of sp³-hybridized carbons (Fsp3) is 0.500. The lowest BCUT2D eigenvalue weighted by Gasteiger charge is -2.33. The van der Waals surface area contributed by atoms with Gasteiger partial charge in [-0.3, -0.25) is 11.3 Å². The van der Waals surface area contributed by atoms with Gasteiger partial charge in [-0.15, -0.1) is 0 Å². The van der Waals surface area contributed by atoms with Crippen LogP contribution in [0.5, 0.6) is 0 Å². The van der Waals surface area contributed by atoms with Gasteiger partial charge in [0, 0.05) is 0 Å². The first-order chi connectivity index (χ1) is 7.01. The highest BCUT2D eigenvalue weighted by atomic mass is 19.1. The fourth-order valence-electron chi connectivity index (χ4n) is 1.63. The lowest BCUT2D eigenvalue weighted by molar-refractivity contribution is 0.236. The summed E-state index contributed by atoms with van der Waals surface area (Å²) in [5.74, 6) is 5.34. The van der Waals surface area contributed by atoms with Crippen LogP contribution in [0.4, 0.5) is 4.39 Å². The molecule has 0 saturated carbocycles. The molecule has 1 rings (SSSR count). The van der Waals surface area contributed by atoms with Crippen molar-refractivity contribution in [3.63, 3.8) is 0 Å². The van der Waals surface area contributed by atoms with Crippen LogP contribution in [0.2, 0.25) is 0 Å². The van der Waals surface area contributed by atoms with E-state index in [1.165, 1.54) is 12.1 Å². The summed E-state index contributed by atoms with van der Waals surface area (Å²) in [5.41, 5.74) is 3.87. The number of hydrazine groups is 1.